The second-order valence-corrected chi connectivity index (χ2v) is 7.35. The third kappa shape index (κ3) is 3.30. The molecule has 152 valence electrons. The lowest BCUT2D eigenvalue weighted by atomic mass is 9.93. The Labute approximate surface area is 173 Å². The summed E-state index contributed by atoms with van der Waals surface area (Å²) in [5.41, 5.74) is 2.06. The molecule has 1 saturated heterocycles. The van der Waals surface area contributed by atoms with Crippen LogP contribution in [-0.2, 0) is 16.1 Å². The van der Waals surface area contributed by atoms with Crippen molar-refractivity contribution in [3.8, 4) is 0 Å². The van der Waals surface area contributed by atoms with E-state index in [0.717, 1.165) is 11.1 Å². The molecule has 30 heavy (non-hydrogen) atoms. The number of benzene rings is 2. The zero-order valence-corrected chi connectivity index (χ0v) is 16.6. The molecule has 0 bridgehead atoms. The van der Waals surface area contributed by atoms with Gasteiger partial charge >= 0.3 is 0 Å². The van der Waals surface area contributed by atoms with Gasteiger partial charge in [0.25, 0.3) is 11.7 Å². The number of furan rings is 1. The van der Waals surface area contributed by atoms with Crippen LogP contribution in [0, 0.1) is 19.7 Å². The number of hydrogen-bond acceptors (Lipinski definition) is 4. The number of amides is 1. The van der Waals surface area contributed by atoms with Crippen LogP contribution in [0.3, 0.4) is 0 Å². The van der Waals surface area contributed by atoms with Crippen LogP contribution >= 0.6 is 0 Å². The molecule has 1 aromatic heterocycles. The fourth-order valence-electron chi connectivity index (χ4n) is 3.77. The zero-order valence-electron chi connectivity index (χ0n) is 16.6. The topological polar surface area (TPSA) is 70.8 Å². The largest absolute Gasteiger partial charge is 0.507 e. The van der Waals surface area contributed by atoms with E-state index in [1.54, 1.807) is 31.2 Å². The zero-order chi connectivity index (χ0) is 21.4. The lowest BCUT2D eigenvalue weighted by molar-refractivity contribution is -0.140. The molecular weight excluding hydrogens is 385 g/mol. The molecule has 1 atom stereocenters. The summed E-state index contributed by atoms with van der Waals surface area (Å²) in [4.78, 5) is 27.1. The number of aliphatic hydroxyl groups excluding tert-OH is 1. The Kier molecular flexibility index (Phi) is 4.99. The maximum absolute atomic E-state index is 14.8. The van der Waals surface area contributed by atoms with Crippen LogP contribution in [0.4, 0.5) is 4.39 Å². The Balaban J connectivity index is 1.93. The maximum atomic E-state index is 14.8. The van der Waals surface area contributed by atoms with Crippen molar-refractivity contribution in [2.75, 3.05) is 0 Å². The van der Waals surface area contributed by atoms with Crippen molar-refractivity contribution >= 4 is 17.4 Å². The van der Waals surface area contributed by atoms with Crippen molar-refractivity contribution in [2.24, 2.45) is 0 Å². The van der Waals surface area contributed by atoms with E-state index in [-0.39, 0.29) is 23.4 Å². The number of halogens is 1. The SMILES string of the molecule is Cc1ccc(C)c(C(O)=C2C(=O)C(=O)N(Cc3ccco3)[C@@H]2c2ccccc2F)c1. The summed E-state index contributed by atoms with van der Waals surface area (Å²) in [6, 6.07) is 13.6. The summed E-state index contributed by atoms with van der Waals surface area (Å²) >= 11 is 0. The molecule has 4 rings (SSSR count). The number of aryl methyl sites for hydroxylation is 2. The third-order valence-corrected chi connectivity index (χ3v) is 5.29. The molecule has 5 nitrogen and oxygen atoms in total. The number of likely N-dealkylation sites (tertiary alicyclic amines) is 1. The lowest BCUT2D eigenvalue weighted by Crippen LogP contribution is -2.29. The van der Waals surface area contributed by atoms with Gasteiger partial charge in [-0.3, -0.25) is 9.59 Å². The molecule has 1 amide bonds. The summed E-state index contributed by atoms with van der Waals surface area (Å²) in [5.74, 6) is -2.10. The minimum atomic E-state index is -1.07. The Morgan fingerprint density at radius 2 is 1.87 bits per heavy atom. The van der Waals surface area contributed by atoms with E-state index in [2.05, 4.69) is 0 Å². The van der Waals surface area contributed by atoms with Crippen LogP contribution in [-0.4, -0.2) is 21.7 Å². The molecule has 6 heteroatoms. The number of ketones is 1. The smallest absolute Gasteiger partial charge is 0.296 e. The van der Waals surface area contributed by atoms with Gasteiger partial charge in [0.1, 0.15) is 17.3 Å². The van der Waals surface area contributed by atoms with Gasteiger partial charge in [0, 0.05) is 11.1 Å². The van der Waals surface area contributed by atoms with Crippen molar-refractivity contribution < 1.29 is 23.5 Å². The Hall–Kier alpha value is -3.67. The Morgan fingerprint density at radius 3 is 2.57 bits per heavy atom. The lowest BCUT2D eigenvalue weighted by Gasteiger charge is -2.25. The number of Topliss-reactive ketones (excluding diaryl/α,β-unsaturated/α-hetero) is 1. The number of nitrogens with zero attached hydrogens (tertiary/aromatic N) is 1. The van der Waals surface area contributed by atoms with Crippen LogP contribution in [0.2, 0.25) is 0 Å². The van der Waals surface area contributed by atoms with Crippen molar-refractivity contribution in [3.05, 3.63) is 100 Å². The van der Waals surface area contributed by atoms with Crippen molar-refractivity contribution in [3.63, 3.8) is 0 Å². The van der Waals surface area contributed by atoms with E-state index in [9.17, 15) is 19.1 Å². The standard InChI is InChI=1S/C24H20FNO4/c1-14-9-10-15(2)18(12-14)22(27)20-21(17-7-3-4-8-19(17)25)26(24(29)23(20)28)13-16-6-5-11-30-16/h3-12,21,27H,13H2,1-2H3/t21-/m1/s1. The molecule has 0 radical (unpaired) electrons. The summed E-state index contributed by atoms with van der Waals surface area (Å²) < 4.78 is 20.1. The number of hydrogen-bond donors (Lipinski definition) is 1. The molecule has 1 aliphatic rings. The minimum absolute atomic E-state index is 0.0276. The van der Waals surface area contributed by atoms with E-state index in [1.807, 2.05) is 19.1 Å². The first-order valence-corrected chi connectivity index (χ1v) is 9.51. The van der Waals surface area contributed by atoms with Crippen LogP contribution in [0.1, 0.15) is 34.1 Å². The van der Waals surface area contributed by atoms with Crippen molar-refractivity contribution in [1.29, 1.82) is 0 Å². The molecule has 0 spiro atoms. The third-order valence-electron chi connectivity index (χ3n) is 5.29. The first-order chi connectivity index (χ1) is 14.4. The van der Waals surface area contributed by atoms with Gasteiger partial charge in [-0.15, -0.1) is 0 Å². The average Bonchev–Trinajstić information content (AvgIpc) is 3.32. The van der Waals surface area contributed by atoms with Crippen LogP contribution in [0.25, 0.3) is 5.76 Å². The molecular formula is C24H20FNO4. The van der Waals surface area contributed by atoms with Gasteiger partial charge in [0.2, 0.25) is 0 Å². The highest BCUT2D eigenvalue weighted by atomic mass is 19.1. The molecule has 1 aliphatic heterocycles. The second-order valence-electron chi connectivity index (χ2n) is 7.35. The first-order valence-electron chi connectivity index (χ1n) is 9.51. The fourth-order valence-corrected chi connectivity index (χ4v) is 3.77. The highest BCUT2D eigenvalue weighted by Gasteiger charge is 2.47. The van der Waals surface area contributed by atoms with Gasteiger partial charge in [-0.2, -0.15) is 0 Å². The number of aliphatic hydroxyl groups is 1. The van der Waals surface area contributed by atoms with Crippen molar-refractivity contribution in [1.82, 2.24) is 4.90 Å². The molecule has 1 N–H and O–H groups in total. The predicted octanol–water partition coefficient (Wildman–Crippen LogP) is 4.66. The fraction of sp³-hybridized carbons (Fsp3) is 0.167. The van der Waals surface area contributed by atoms with Gasteiger partial charge in [0.15, 0.2) is 0 Å². The van der Waals surface area contributed by atoms with Crippen LogP contribution < -0.4 is 0 Å². The molecule has 3 aromatic rings. The molecule has 0 unspecified atom stereocenters. The highest BCUT2D eigenvalue weighted by Crippen LogP contribution is 2.41. The summed E-state index contributed by atoms with van der Waals surface area (Å²) in [7, 11) is 0. The average molecular weight is 405 g/mol. The Morgan fingerprint density at radius 1 is 1.10 bits per heavy atom. The van der Waals surface area contributed by atoms with Gasteiger partial charge in [-0.25, -0.2) is 4.39 Å². The summed E-state index contributed by atoms with van der Waals surface area (Å²) in [6.07, 6.45) is 1.46. The van der Waals surface area contributed by atoms with E-state index in [0.29, 0.717) is 11.3 Å². The summed E-state index contributed by atoms with van der Waals surface area (Å²) in [6.45, 7) is 3.63. The molecule has 2 heterocycles. The van der Waals surface area contributed by atoms with E-state index < -0.39 is 23.5 Å². The van der Waals surface area contributed by atoms with E-state index in [4.69, 9.17) is 4.42 Å². The quantitative estimate of drug-likeness (QED) is 0.389. The molecule has 0 aliphatic carbocycles. The molecule has 1 fully saturated rings. The van der Waals surface area contributed by atoms with Crippen molar-refractivity contribution in [2.45, 2.75) is 26.4 Å². The van der Waals surface area contributed by atoms with Crippen LogP contribution in [0.15, 0.2) is 70.9 Å². The van der Waals surface area contributed by atoms with Gasteiger partial charge < -0.3 is 14.4 Å². The normalized spacial score (nSPS) is 18.2. The summed E-state index contributed by atoms with van der Waals surface area (Å²) in [5, 5.41) is 11.1. The second kappa shape index (κ2) is 7.63. The van der Waals surface area contributed by atoms with Gasteiger partial charge in [-0.05, 0) is 43.7 Å². The highest BCUT2D eigenvalue weighted by molar-refractivity contribution is 6.46. The number of rotatable bonds is 4. The predicted molar refractivity (Wildman–Crippen MR) is 109 cm³/mol. The first kappa shape index (κ1) is 19.6. The molecule has 0 saturated carbocycles. The monoisotopic (exact) mass is 405 g/mol. The van der Waals surface area contributed by atoms with Crippen LogP contribution in [0.5, 0.6) is 0 Å². The minimum Gasteiger partial charge on any atom is -0.507 e. The van der Waals surface area contributed by atoms with E-state index in [1.165, 1.54) is 29.4 Å². The van der Waals surface area contributed by atoms with Gasteiger partial charge in [-0.1, -0.05) is 35.9 Å². The molecule has 2 aromatic carbocycles. The number of carbonyl (C=O) groups excluding carboxylic acids is 2. The van der Waals surface area contributed by atoms with E-state index >= 15 is 0 Å². The maximum Gasteiger partial charge on any atom is 0.296 e. The van der Waals surface area contributed by atoms with Gasteiger partial charge in [0.05, 0.1) is 24.4 Å². The number of carbonyl (C=O) groups is 2. The Bertz CT molecular complexity index is 1160.